The lowest BCUT2D eigenvalue weighted by Gasteiger charge is -2.37. The average molecular weight is 363 g/mol. The highest BCUT2D eigenvalue weighted by molar-refractivity contribution is 6.01. The van der Waals surface area contributed by atoms with Crippen LogP contribution in [0.25, 0.3) is 0 Å². The second-order valence-electron chi connectivity index (χ2n) is 6.91. The number of nitrogens with zero attached hydrogens (tertiary/aromatic N) is 4. The molecule has 2 aliphatic heterocycles. The molecule has 0 aromatic carbocycles. The van der Waals surface area contributed by atoms with Crippen molar-refractivity contribution in [2.45, 2.75) is 24.8 Å². The van der Waals surface area contributed by atoms with Crippen LogP contribution in [-0.4, -0.2) is 71.8 Å². The summed E-state index contributed by atoms with van der Waals surface area (Å²) in [5.74, 6) is -0.962. The maximum Gasteiger partial charge on any atom is 0.248 e. The third-order valence-electron chi connectivity index (χ3n) is 5.26. The van der Waals surface area contributed by atoms with E-state index in [1.807, 2.05) is 0 Å². The summed E-state index contributed by atoms with van der Waals surface area (Å²) < 4.78 is 6.88. The minimum absolute atomic E-state index is 0.104. The molecule has 0 spiro atoms. The van der Waals surface area contributed by atoms with Crippen LogP contribution in [0.3, 0.4) is 0 Å². The third kappa shape index (κ3) is 2.96. The molecule has 2 aliphatic rings. The van der Waals surface area contributed by atoms with E-state index < -0.39 is 11.5 Å². The Morgan fingerprint density at radius 1 is 1.46 bits per heavy atom. The molecule has 2 unspecified atom stereocenters. The van der Waals surface area contributed by atoms with Crippen LogP contribution in [0, 0.1) is 5.92 Å². The van der Waals surface area contributed by atoms with Crippen molar-refractivity contribution in [3.63, 3.8) is 0 Å². The topological polar surface area (TPSA) is 96.8 Å². The van der Waals surface area contributed by atoms with Gasteiger partial charge in [-0.2, -0.15) is 5.10 Å². The molecule has 3 rings (SSSR count). The van der Waals surface area contributed by atoms with E-state index in [1.165, 1.54) is 7.11 Å². The number of methoxy groups -OCH3 is 1. The van der Waals surface area contributed by atoms with Crippen LogP contribution >= 0.6 is 0 Å². The highest BCUT2D eigenvalue weighted by Gasteiger charge is 2.51. The number of ether oxygens (including phenoxy) is 1. The summed E-state index contributed by atoms with van der Waals surface area (Å²) in [6, 6.07) is 0. The van der Waals surface area contributed by atoms with Crippen molar-refractivity contribution in [1.82, 2.24) is 20.0 Å². The van der Waals surface area contributed by atoms with Crippen molar-refractivity contribution in [2.75, 3.05) is 38.8 Å². The number of carbonyl (C=O) groups is 3. The van der Waals surface area contributed by atoms with Crippen molar-refractivity contribution < 1.29 is 19.1 Å². The van der Waals surface area contributed by atoms with E-state index >= 15 is 0 Å². The van der Waals surface area contributed by atoms with Gasteiger partial charge in [-0.05, 0) is 12.8 Å². The minimum Gasteiger partial charge on any atom is -0.382 e. The van der Waals surface area contributed by atoms with E-state index in [2.05, 4.69) is 10.4 Å². The van der Waals surface area contributed by atoms with Crippen molar-refractivity contribution in [1.29, 1.82) is 0 Å². The van der Waals surface area contributed by atoms with Gasteiger partial charge in [0, 0.05) is 46.9 Å². The fourth-order valence-corrected chi connectivity index (χ4v) is 4.01. The Morgan fingerprint density at radius 3 is 2.85 bits per heavy atom. The summed E-state index contributed by atoms with van der Waals surface area (Å²) in [4.78, 5) is 41.3. The molecule has 0 aliphatic carbocycles. The first-order valence-corrected chi connectivity index (χ1v) is 8.74. The lowest BCUT2D eigenvalue weighted by Crippen LogP contribution is -2.60. The van der Waals surface area contributed by atoms with Crippen molar-refractivity contribution in [3.05, 3.63) is 12.4 Å². The second kappa shape index (κ2) is 7.06. The number of aryl methyl sites for hydroxylation is 1. The Balaban J connectivity index is 1.80. The van der Waals surface area contributed by atoms with Crippen LogP contribution in [0.5, 0.6) is 0 Å². The van der Waals surface area contributed by atoms with Crippen LogP contribution in [0.2, 0.25) is 0 Å². The maximum absolute atomic E-state index is 13.2. The maximum atomic E-state index is 13.2. The molecule has 2 atom stereocenters. The van der Waals surface area contributed by atoms with Gasteiger partial charge in [0.05, 0.1) is 24.4 Å². The predicted octanol–water partition coefficient (Wildman–Crippen LogP) is -0.473. The summed E-state index contributed by atoms with van der Waals surface area (Å²) in [7, 11) is 4.86. The first-order chi connectivity index (χ1) is 12.4. The summed E-state index contributed by atoms with van der Waals surface area (Å²) in [6.45, 7) is 0.940. The monoisotopic (exact) mass is 363 g/mol. The van der Waals surface area contributed by atoms with E-state index in [0.717, 1.165) is 6.42 Å². The van der Waals surface area contributed by atoms with Gasteiger partial charge in [-0.3, -0.25) is 19.1 Å². The number of likely N-dealkylation sites (tertiary alicyclic amines) is 1. The molecular formula is C17H25N5O4. The van der Waals surface area contributed by atoms with Gasteiger partial charge in [0.25, 0.3) is 0 Å². The SMILES string of the molecule is CNC(=O)C1(COC)CCCN1C(=O)C1CC(=O)N(c2cnn(C)c2)C1. The van der Waals surface area contributed by atoms with Gasteiger partial charge in [0.15, 0.2) is 0 Å². The number of aromatic nitrogens is 2. The van der Waals surface area contributed by atoms with Crippen molar-refractivity contribution >= 4 is 23.4 Å². The first-order valence-electron chi connectivity index (χ1n) is 8.74. The van der Waals surface area contributed by atoms with Gasteiger partial charge in [0.1, 0.15) is 5.54 Å². The average Bonchev–Trinajstić information content (AvgIpc) is 3.33. The second-order valence-corrected chi connectivity index (χ2v) is 6.91. The highest BCUT2D eigenvalue weighted by Crippen LogP contribution is 2.34. The summed E-state index contributed by atoms with van der Waals surface area (Å²) in [5.41, 5.74) is -0.311. The molecule has 142 valence electrons. The fourth-order valence-electron chi connectivity index (χ4n) is 4.01. The molecule has 0 bridgehead atoms. The van der Waals surface area contributed by atoms with Crippen LogP contribution < -0.4 is 10.2 Å². The highest BCUT2D eigenvalue weighted by atomic mass is 16.5. The number of rotatable bonds is 5. The van der Waals surface area contributed by atoms with E-state index in [0.29, 0.717) is 25.2 Å². The molecule has 2 fully saturated rings. The number of hydrogen-bond donors (Lipinski definition) is 1. The van der Waals surface area contributed by atoms with E-state index in [9.17, 15) is 14.4 Å². The Labute approximate surface area is 152 Å². The number of hydrogen-bond acceptors (Lipinski definition) is 5. The predicted molar refractivity (Wildman–Crippen MR) is 93.3 cm³/mol. The molecule has 9 nitrogen and oxygen atoms in total. The van der Waals surface area contributed by atoms with E-state index in [4.69, 9.17) is 4.74 Å². The van der Waals surface area contributed by atoms with Crippen LogP contribution in [0.15, 0.2) is 12.4 Å². The summed E-state index contributed by atoms with van der Waals surface area (Å²) in [6.07, 6.45) is 4.79. The molecule has 1 N–H and O–H groups in total. The zero-order valence-electron chi connectivity index (χ0n) is 15.4. The van der Waals surface area contributed by atoms with Gasteiger partial charge in [-0.25, -0.2) is 0 Å². The Morgan fingerprint density at radius 2 is 2.23 bits per heavy atom. The molecule has 9 heteroatoms. The number of amides is 3. The van der Waals surface area contributed by atoms with Crippen molar-refractivity contribution in [2.24, 2.45) is 13.0 Å². The zero-order valence-corrected chi connectivity index (χ0v) is 15.4. The normalized spacial score (nSPS) is 25.8. The van der Waals surface area contributed by atoms with Gasteiger partial charge in [-0.1, -0.05) is 0 Å². The standard InChI is InChI=1S/C17H25N5O4/c1-18-16(25)17(11-26-3)5-4-6-22(17)15(24)12-7-14(23)21(9-12)13-8-19-20(2)10-13/h8,10,12H,4-7,9,11H2,1-3H3,(H,18,25). The van der Waals surface area contributed by atoms with Gasteiger partial charge >= 0.3 is 0 Å². The van der Waals surface area contributed by atoms with Crippen molar-refractivity contribution in [3.8, 4) is 0 Å². The van der Waals surface area contributed by atoms with Crippen LogP contribution in [0.1, 0.15) is 19.3 Å². The molecule has 1 aromatic heterocycles. The molecule has 0 radical (unpaired) electrons. The third-order valence-corrected chi connectivity index (χ3v) is 5.26. The summed E-state index contributed by atoms with van der Waals surface area (Å²) in [5, 5.41) is 6.74. The zero-order chi connectivity index (χ0) is 18.9. The van der Waals surface area contributed by atoms with E-state index in [1.54, 1.807) is 41.0 Å². The number of likely N-dealkylation sites (N-methyl/N-ethyl adjacent to an activating group) is 1. The smallest absolute Gasteiger partial charge is 0.248 e. The fraction of sp³-hybridized carbons (Fsp3) is 0.647. The quantitative estimate of drug-likeness (QED) is 0.763. The Bertz CT molecular complexity index is 718. The van der Waals surface area contributed by atoms with Gasteiger partial charge < -0.3 is 19.9 Å². The first kappa shape index (κ1) is 18.4. The lowest BCUT2D eigenvalue weighted by atomic mass is 9.94. The molecule has 1 aromatic rings. The largest absolute Gasteiger partial charge is 0.382 e. The molecular weight excluding hydrogens is 338 g/mol. The van der Waals surface area contributed by atoms with E-state index in [-0.39, 0.29) is 30.7 Å². The number of carbonyl (C=O) groups excluding carboxylic acids is 3. The Kier molecular flexibility index (Phi) is 4.99. The molecule has 2 saturated heterocycles. The molecule has 0 saturated carbocycles. The molecule has 3 amide bonds. The Hall–Kier alpha value is -2.42. The minimum atomic E-state index is -0.995. The lowest BCUT2D eigenvalue weighted by molar-refractivity contribution is -0.150. The number of anilines is 1. The van der Waals surface area contributed by atoms with Gasteiger partial charge in [0.2, 0.25) is 17.7 Å². The molecule has 26 heavy (non-hydrogen) atoms. The molecule has 3 heterocycles. The summed E-state index contributed by atoms with van der Waals surface area (Å²) >= 11 is 0. The van der Waals surface area contributed by atoms with Crippen LogP contribution in [-0.2, 0) is 26.2 Å². The van der Waals surface area contributed by atoms with Crippen LogP contribution in [0.4, 0.5) is 5.69 Å². The van der Waals surface area contributed by atoms with Gasteiger partial charge in [-0.15, -0.1) is 0 Å². The number of nitrogens with one attached hydrogen (secondary N) is 1.